The number of hydrogen-bond acceptors (Lipinski definition) is 4. The summed E-state index contributed by atoms with van der Waals surface area (Å²) in [6.07, 6.45) is 12.3. The topological polar surface area (TPSA) is 53.6 Å². The number of carbonyl (C=O) groups excluding carboxylic acids is 1. The highest BCUT2D eigenvalue weighted by Crippen LogP contribution is 2.33. The largest absolute Gasteiger partial charge is 0.388 e. The number of nitrogens with zero attached hydrogens (tertiary/aromatic N) is 1. The van der Waals surface area contributed by atoms with Gasteiger partial charge in [0.05, 0.1) is 12.1 Å². The Bertz CT molecular complexity index is 608. The second kappa shape index (κ2) is 9.61. The van der Waals surface area contributed by atoms with Gasteiger partial charge in [0.1, 0.15) is 6.23 Å². The van der Waals surface area contributed by atoms with Crippen LogP contribution in [0.5, 0.6) is 0 Å². The third-order valence-electron chi connectivity index (χ3n) is 5.28. The fraction of sp³-hybridized carbons (Fsp3) is 0.571. The van der Waals surface area contributed by atoms with Gasteiger partial charge in [-0.15, -0.1) is 12.8 Å². The van der Waals surface area contributed by atoms with Crippen LogP contribution >= 0.6 is 0 Å². The lowest BCUT2D eigenvalue weighted by molar-refractivity contribution is -0.136. The van der Waals surface area contributed by atoms with Crippen LogP contribution in [-0.4, -0.2) is 49.3 Å². The van der Waals surface area contributed by atoms with Crippen LogP contribution in [0.2, 0.25) is 0 Å². The summed E-state index contributed by atoms with van der Waals surface area (Å²) in [5, 5.41) is 6.58. The Hall–Kier alpha value is -2.03. The zero-order valence-corrected chi connectivity index (χ0v) is 16.0. The molecule has 2 fully saturated rings. The van der Waals surface area contributed by atoms with E-state index in [9.17, 15) is 4.79 Å². The lowest BCUT2D eigenvalue weighted by Gasteiger charge is -2.32. The van der Waals surface area contributed by atoms with E-state index in [1.807, 2.05) is 24.9 Å². The van der Waals surface area contributed by atoms with Gasteiger partial charge in [-0.2, -0.15) is 0 Å². The fourth-order valence-corrected chi connectivity index (χ4v) is 3.91. The van der Waals surface area contributed by atoms with Crippen LogP contribution in [0.15, 0.2) is 24.3 Å². The molecule has 0 aromatic heterocycles. The number of nitrogens with one attached hydrogen (secondary N) is 2. The van der Waals surface area contributed by atoms with Gasteiger partial charge in [0, 0.05) is 19.2 Å². The first-order valence-corrected chi connectivity index (χ1v) is 9.40. The van der Waals surface area contributed by atoms with Crippen LogP contribution in [0.4, 0.5) is 5.69 Å². The van der Waals surface area contributed by atoms with Crippen molar-refractivity contribution < 1.29 is 9.53 Å². The minimum absolute atomic E-state index is 0.0970. The first kappa shape index (κ1) is 20.3. The Morgan fingerprint density at radius 2 is 2.04 bits per heavy atom. The van der Waals surface area contributed by atoms with Crippen molar-refractivity contribution in [1.82, 2.24) is 10.2 Å². The van der Waals surface area contributed by atoms with Gasteiger partial charge < -0.3 is 20.3 Å². The van der Waals surface area contributed by atoms with Crippen molar-refractivity contribution in [1.29, 1.82) is 0 Å². The molecule has 0 radical (unpaired) electrons. The molecule has 2 heterocycles. The molecule has 0 unspecified atom stereocenters. The van der Waals surface area contributed by atoms with Crippen molar-refractivity contribution in [3.8, 4) is 12.8 Å². The van der Waals surface area contributed by atoms with Gasteiger partial charge >= 0.3 is 0 Å². The van der Waals surface area contributed by atoms with E-state index in [-0.39, 0.29) is 17.7 Å². The number of aryl methyl sites for hydroxylation is 1. The minimum Gasteiger partial charge on any atom is -0.388 e. The summed E-state index contributed by atoms with van der Waals surface area (Å²) in [6.45, 7) is 4.72. The van der Waals surface area contributed by atoms with Crippen LogP contribution in [0, 0.1) is 12.8 Å². The number of hydrogen-bond donors (Lipinski definition) is 2. The summed E-state index contributed by atoms with van der Waals surface area (Å²) in [5.41, 5.74) is 2.31. The van der Waals surface area contributed by atoms with E-state index < -0.39 is 0 Å². The molecule has 0 bridgehead atoms. The zero-order valence-electron chi connectivity index (χ0n) is 16.0. The van der Waals surface area contributed by atoms with E-state index in [0.717, 1.165) is 51.0 Å². The molecule has 5 nitrogen and oxygen atoms in total. The van der Waals surface area contributed by atoms with Crippen LogP contribution in [-0.2, 0) is 16.0 Å². The molecule has 2 aliphatic rings. The Labute approximate surface area is 157 Å². The summed E-state index contributed by atoms with van der Waals surface area (Å²) in [6, 6.07) is 8.29. The van der Waals surface area contributed by atoms with Crippen molar-refractivity contribution in [3.05, 3.63) is 29.8 Å². The molecule has 0 aliphatic carbocycles. The Morgan fingerprint density at radius 1 is 1.35 bits per heavy atom. The zero-order chi connectivity index (χ0) is 19.0. The second-order valence-electron chi connectivity index (χ2n) is 6.93. The molecule has 5 heteroatoms. The van der Waals surface area contributed by atoms with Crippen molar-refractivity contribution in [3.63, 3.8) is 0 Å². The quantitative estimate of drug-likeness (QED) is 0.796. The average molecular weight is 357 g/mol. The molecule has 3 rings (SSSR count). The van der Waals surface area contributed by atoms with Crippen LogP contribution in [0.1, 0.15) is 38.2 Å². The number of rotatable bonds is 5. The fourth-order valence-electron chi connectivity index (χ4n) is 3.91. The standard InChI is InChI=1S/C19H29N3O2.C2H2/c1-15-22(14-19(24-15)10-12-21-13-11-19)18(23)9-5-7-16-6-3-4-8-17(16)20-2;1-2/h3-4,6,8,15,20-21H,5,7,9-14H2,1-2H3;1-2H/t15-;/m0./s1. The summed E-state index contributed by atoms with van der Waals surface area (Å²) in [4.78, 5) is 14.6. The first-order valence-electron chi connectivity index (χ1n) is 9.40. The maximum Gasteiger partial charge on any atom is 0.224 e. The van der Waals surface area contributed by atoms with Crippen molar-refractivity contribution in [2.45, 2.75) is 50.9 Å². The normalized spacial score (nSPS) is 21.1. The molecular weight excluding hydrogens is 326 g/mol. The lowest BCUT2D eigenvalue weighted by Crippen LogP contribution is -2.45. The van der Waals surface area contributed by atoms with E-state index in [1.165, 1.54) is 5.56 Å². The summed E-state index contributed by atoms with van der Waals surface area (Å²) < 4.78 is 6.18. The number of terminal acetylenes is 1. The number of para-hydroxylation sites is 1. The third-order valence-corrected chi connectivity index (χ3v) is 5.28. The minimum atomic E-state index is -0.112. The summed E-state index contributed by atoms with van der Waals surface area (Å²) in [5.74, 6) is 0.222. The average Bonchev–Trinajstić information content (AvgIpc) is 3.00. The van der Waals surface area contributed by atoms with Crippen LogP contribution in [0.25, 0.3) is 0 Å². The second-order valence-corrected chi connectivity index (χ2v) is 6.93. The van der Waals surface area contributed by atoms with E-state index in [4.69, 9.17) is 4.74 Å². The molecule has 26 heavy (non-hydrogen) atoms. The van der Waals surface area contributed by atoms with Gasteiger partial charge in [0.2, 0.25) is 5.91 Å². The number of ether oxygens (including phenoxy) is 1. The monoisotopic (exact) mass is 357 g/mol. The van der Waals surface area contributed by atoms with E-state index >= 15 is 0 Å². The van der Waals surface area contributed by atoms with Gasteiger partial charge in [-0.1, -0.05) is 18.2 Å². The molecule has 2 N–H and O–H groups in total. The molecular formula is C21H31N3O2. The Morgan fingerprint density at radius 3 is 2.73 bits per heavy atom. The van der Waals surface area contributed by atoms with Gasteiger partial charge in [-0.25, -0.2) is 0 Å². The van der Waals surface area contributed by atoms with Gasteiger partial charge in [-0.3, -0.25) is 4.79 Å². The Kier molecular flexibility index (Phi) is 7.50. The van der Waals surface area contributed by atoms with Crippen LogP contribution in [0.3, 0.4) is 0 Å². The van der Waals surface area contributed by atoms with Crippen LogP contribution < -0.4 is 10.6 Å². The van der Waals surface area contributed by atoms with Gasteiger partial charge in [0.15, 0.2) is 0 Å². The molecule has 1 spiro atoms. The van der Waals surface area contributed by atoms with E-state index in [0.29, 0.717) is 6.42 Å². The summed E-state index contributed by atoms with van der Waals surface area (Å²) >= 11 is 0. The van der Waals surface area contributed by atoms with Crippen molar-refractivity contribution >= 4 is 11.6 Å². The van der Waals surface area contributed by atoms with Gasteiger partial charge in [-0.05, 0) is 57.3 Å². The molecule has 2 aliphatic heterocycles. The highest BCUT2D eigenvalue weighted by atomic mass is 16.5. The maximum absolute atomic E-state index is 12.6. The predicted molar refractivity (Wildman–Crippen MR) is 106 cm³/mol. The maximum atomic E-state index is 12.6. The van der Waals surface area contributed by atoms with E-state index in [1.54, 1.807) is 0 Å². The SMILES string of the molecule is C#C.CNc1ccccc1CCCC(=O)N1CC2(CCNCC2)O[C@H]1C. The Balaban J connectivity index is 0.00000117. The number of piperidine rings is 1. The smallest absolute Gasteiger partial charge is 0.224 e. The third kappa shape index (κ3) is 4.78. The highest BCUT2D eigenvalue weighted by Gasteiger charge is 2.45. The molecule has 1 amide bonds. The van der Waals surface area contributed by atoms with Crippen molar-refractivity contribution in [2.24, 2.45) is 0 Å². The highest BCUT2D eigenvalue weighted by molar-refractivity contribution is 5.76. The number of amides is 1. The predicted octanol–water partition coefficient (Wildman–Crippen LogP) is 2.63. The van der Waals surface area contributed by atoms with Crippen molar-refractivity contribution in [2.75, 3.05) is 32.0 Å². The number of anilines is 1. The molecule has 1 aromatic carbocycles. The number of benzene rings is 1. The van der Waals surface area contributed by atoms with Gasteiger partial charge in [0.25, 0.3) is 0 Å². The lowest BCUT2D eigenvalue weighted by atomic mass is 9.92. The molecule has 0 saturated carbocycles. The molecule has 2 saturated heterocycles. The molecule has 1 atom stereocenters. The first-order chi connectivity index (χ1) is 12.6. The number of carbonyl (C=O) groups is 1. The summed E-state index contributed by atoms with van der Waals surface area (Å²) in [7, 11) is 1.94. The van der Waals surface area contributed by atoms with E-state index in [2.05, 4.69) is 41.7 Å². The molecule has 142 valence electrons. The molecule has 1 aromatic rings.